The van der Waals surface area contributed by atoms with E-state index < -0.39 is 48.9 Å². The second-order valence-corrected chi connectivity index (χ2v) is 9.31. The number of carbonyl (C=O) groups excluding carboxylic acids is 1. The number of fused-ring (bicyclic) bond motifs is 1. The summed E-state index contributed by atoms with van der Waals surface area (Å²) in [7, 11) is -4.08. The van der Waals surface area contributed by atoms with Crippen molar-refractivity contribution in [1.82, 2.24) is 9.55 Å². The van der Waals surface area contributed by atoms with E-state index in [0.717, 1.165) is 4.57 Å². The highest BCUT2D eigenvalue weighted by Gasteiger charge is 2.58. The highest BCUT2D eigenvalue weighted by atomic mass is 31.2. The molecule has 2 saturated heterocycles. The summed E-state index contributed by atoms with van der Waals surface area (Å²) in [6.45, 7) is 4.79. The molecule has 12 heteroatoms. The Kier molecular flexibility index (Phi) is 6.88. The summed E-state index contributed by atoms with van der Waals surface area (Å²) in [5.41, 5.74) is -2.50. The number of ether oxygens (including phenoxy) is 2. The van der Waals surface area contributed by atoms with Crippen molar-refractivity contribution in [2.75, 3.05) is 13.2 Å². The lowest BCUT2D eigenvalue weighted by Crippen LogP contribution is -2.41. The van der Waals surface area contributed by atoms with Gasteiger partial charge in [-0.2, -0.15) is 0 Å². The largest absolute Gasteiger partial charge is 0.475 e. The van der Waals surface area contributed by atoms with Crippen molar-refractivity contribution in [3.05, 3.63) is 33.1 Å². The number of rotatable bonds is 6. The minimum Gasteiger partial charge on any atom is -0.463 e. The van der Waals surface area contributed by atoms with Crippen LogP contribution in [0.15, 0.2) is 21.9 Å². The van der Waals surface area contributed by atoms with Gasteiger partial charge < -0.3 is 9.47 Å². The number of H-pyrrole nitrogens is 1. The van der Waals surface area contributed by atoms with Crippen LogP contribution >= 0.6 is 7.82 Å². The Bertz CT molecular complexity index is 1030. The van der Waals surface area contributed by atoms with Gasteiger partial charge in [0.2, 0.25) is 0 Å². The van der Waals surface area contributed by atoms with Crippen LogP contribution in [0, 0.1) is 17.8 Å². The Hall–Kier alpha value is -2.22. The topological polar surface area (TPSA) is 135 Å². The molecule has 0 radical (unpaired) electrons. The molecule has 0 bridgehead atoms. The SMILES string of the molecule is C#C[C@]1(C)[C@@H]2O[P@](=O)(OCCC(=O)OC(C)C)OCC[C@H]2O[C@H]1n1ccc(=O)[nH]c1=O. The summed E-state index contributed by atoms with van der Waals surface area (Å²) < 4.78 is 41.6. The number of carbonyl (C=O) groups is 1. The maximum Gasteiger partial charge on any atom is 0.475 e. The van der Waals surface area contributed by atoms with Gasteiger partial charge >= 0.3 is 19.5 Å². The normalized spacial score (nSPS) is 32.8. The zero-order valence-electron chi connectivity index (χ0n) is 17.4. The minimum atomic E-state index is -4.08. The third-order valence-corrected chi connectivity index (χ3v) is 6.46. The zero-order valence-corrected chi connectivity index (χ0v) is 18.3. The molecule has 3 rings (SSSR count). The third kappa shape index (κ3) is 5.00. The number of phosphoric acid groups is 1. The van der Waals surface area contributed by atoms with Gasteiger partial charge in [-0.1, -0.05) is 5.92 Å². The molecule has 31 heavy (non-hydrogen) atoms. The van der Waals surface area contributed by atoms with Crippen LogP contribution in [0.25, 0.3) is 0 Å². The molecule has 3 heterocycles. The summed E-state index contributed by atoms with van der Waals surface area (Å²) in [5.74, 6) is 2.07. The molecule has 0 aromatic carbocycles. The van der Waals surface area contributed by atoms with E-state index in [1.807, 2.05) is 0 Å². The number of hydrogen-bond acceptors (Lipinski definition) is 9. The molecule has 0 amide bonds. The van der Waals surface area contributed by atoms with Crippen molar-refractivity contribution in [3.63, 3.8) is 0 Å². The van der Waals surface area contributed by atoms with Crippen LogP contribution in [0.1, 0.15) is 39.8 Å². The number of phosphoric ester groups is 1. The van der Waals surface area contributed by atoms with Crippen LogP contribution < -0.4 is 11.2 Å². The molecule has 1 aromatic heterocycles. The van der Waals surface area contributed by atoms with Crippen molar-refractivity contribution < 1.29 is 32.4 Å². The van der Waals surface area contributed by atoms with Gasteiger partial charge in [-0.05, 0) is 20.8 Å². The first-order valence-electron chi connectivity index (χ1n) is 9.79. The number of hydrogen-bond donors (Lipinski definition) is 1. The lowest BCUT2D eigenvalue weighted by molar-refractivity contribution is -0.148. The highest BCUT2D eigenvalue weighted by molar-refractivity contribution is 7.48. The maximum absolute atomic E-state index is 13.1. The quantitative estimate of drug-likeness (QED) is 0.382. The van der Waals surface area contributed by atoms with Crippen molar-refractivity contribution in [2.24, 2.45) is 5.41 Å². The van der Waals surface area contributed by atoms with Crippen LogP contribution in [-0.4, -0.2) is 47.0 Å². The second-order valence-electron chi connectivity index (χ2n) is 7.69. The molecule has 170 valence electrons. The van der Waals surface area contributed by atoms with E-state index in [1.54, 1.807) is 20.8 Å². The van der Waals surface area contributed by atoms with E-state index in [1.165, 1.54) is 12.3 Å². The van der Waals surface area contributed by atoms with Gasteiger partial charge in [0, 0.05) is 18.7 Å². The molecule has 11 nitrogen and oxygen atoms in total. The molecule has 0 aliphatic carbocycles. The maximum atomic E-state index is 13.1. The summed E-state index contributed by atoms with van der Waals surface area (Å²) in [6.07, 6.45) is 4.35. The lowest BCUT2D eigenvalue weighted by atomic mass is 9.82. The van der Waals surface area contributed by atoms with Crippen LogP contribution in [0.5, 0.6) is 0 Å². The van der Waals surface area contributed by atoms with E-state index in [2.05, 4.69) is 10.9 Å². The van der Waals surface area contributed by atoms with Gasteiger partial charge in [0.25, 0.3) is 5.56 Å². The van der Waals surface area contributed by atoms with Crippen molar-refractivity contribution in [3.8, 4) is 12.3 Å². The molecular weight excluding hydrogens is 431 g/mol. The van der Waals surface area contributed by atoms with E-state index in [9.17, 15) is 18.9 Å². The number of nitrogens with one attached hydrogen (secondary N) is 1. The van der Waals surface area contributed by atoms with Gasteiger partial charge in [-0.15, -0.1) is 6.42 Å². The molecular formula is C19H25N2O9P. The van der Waals surface area contributed by atoms with E-state index >= 15 is 0 Å². The molecule has 2 fully saturated rings. The molecule has 2 aliphatic heterocycles. The average molecular weight is 456 g/mol. The molecule has 5 atom stereocenters. The van der Waals surface area contributed by atoms with Crippen LogP contribution in [0.3, 0.4) is 0 Å². The first-order valence-corrected chi connectivity index (χ1v) is 11.3. The van der Waals surface area contributed by atoms with Crippen LogP contribution in [0.2, 0.25) is 0 Å². The van der Waals surface area contributed by atoms with Gasteiger partial charge in [0.05, 0.1) is 31.8 Å². The summed E-state index contributed by atoms with van der Waals surface area (Å²) in [5, 5.41) is 0. The van der Waals surface area contributed by atoms with Gasteiger partial charge in [0.15, 0.2) is 6.23 Å². The fourth-order valence-corrected chi connectivity index (χ4v) is 4.98. The standard InChI is InChI=1S/C19H25N2O9P/c1-5-19(4)16-13(29-17(19)21-9-6-14(22)20-18(21)24)7-10-26-31(25,30-16)27-11-8-15(23)28-12(2)3/h1,6,9,12-13,16-17H,7-8,10-11H2,2-4H3,(H,20,22,24)/t13-,16-,17-,19-,31+/m1/s1. The number of aromatic amines is 1. The molecule has 2 aliphatic rings. The predicted octanol–water partition coefficient (Wildman–Crippen LogP) is 1.35. The van der Waals surface area contributed by atoms with Crippen molar-refractivity contribution >= 4 is 13.8 Å². The summed E-state index contributed by atoms with van der Waals surface area (Å²) in [6, 6.07) is 1.17. The molecule has 0 spiro atoms. The highest BCUT2D eigenvalue weighted by Crippen LogP contribution is 2.59. The van der Waals surface area contributed by atoms with Crippen molar-refractivity contribution in [1.29, 1.82) is 0 Å². The van der Waals surface area contributed by atoms with Crippen LogP contribution in [0.4, 0.5) is 0 Å². The zero-order chi connectivity index (χ0) is 22.8. The van der Waals surface area contributed by atoms with Gasteiger partial charge in [0.1, 0.15) is 11.5 Å². The second kappa shape index (κ2) is 9.10. The first kappa shape index (κ1) is 23.4. The lowest BCUT2D eigenvalue weighted by Gasteiger charge is -2.31. The van der Waals surface area contributed by atoms with Gasteiger partial charge in [-0.25, -0.2) is 9.36 Å². The molecule has 1 N–H and O–H groups in total. The van der Waals surface area contributed by atoms with Crippen molar-refractivity contribution in [2.45, 2.75) is 58.2 Å². The first-order chi connectivity index (χ1) is 14.6. The Morgan fingerprint density at radius 1 is 1.48 bits per heavy atom. The Balaban J connectivity index is 1.79. The average Bonchev–Trinajstić information content (AvgIpc) is 2.82. The summed E-state index contributed by atoms with van der Waals surface area (Å²) in [4.78, 5) is 37.5. The number of esters is 1. The number of aromatic nitrogens is 2. The molecule has 0 unspecified atom stereocenters. The Morgan fingerprint density at radius 3 is 2.87 bits per heavy atom. The summed E-state index contributed by atoms with van der Waals surface area (Å²) >= 11 is 0. The third-order valence-electron chi connectivity index (χ3n) is 4.98. The number of terminal acetylenes is 1. The van der Waals surface area contributed by atoms with E-state index in [0.29, 0.717) is 0 Å². The van der Waals surface area contributed by atoms with Crippen LogP contribution in [-0.2, 0) is 32.4 Å². The monoisotopic (exact) mass is 456 g/mol. The minimum absolute atomic E-state index is 0.0111. The van der Waals surface area contributed by atoms with Gasteiger partial charge in [-0.3, -0.25) is 32.7 Å². The fraction of sp³-hybridized carbons (Fsp3) is 0.632. The molecule has 0 saturated carbocycles. The van der Waals surface area contributed by atoms with E-state index in [4.69, 9.17) is 29.5 Å². The predicted molar refractivity (Wildman–Crippen MR) is 107 cm³/mol. The fourth-order valence-electron chi connectivity index (χ4n) is 3.50. The number of nitrogens with zero attached hydrogens (tertiary/aromatic N) is 1. The van der Waals surface area contributed by atoms with E-state index in [-0.39, 0.29) is 32.2 Å². The smallest absolute Gasteiger partial charge is 0.463 e. The Labute approximate surface area is 178 Å². The molecule has 1 aromatic rings. The Morgan fingerprint density at radius 2 is 2.23 bits per heavy atom.